The minimum absolute atomic E-state index is 0.559. The van der Waals surface area contributed by atoms with Crippen LogP contribution < -0.4 is 10.1 Å². The van der Waals surface area contributed by atoms with Crippen molar-refractivity contribution in [1.82, 2.24) is 0 Å². The van der Waals surface area contributed by atoms with Crippen LogP contribution in [0.15, 0.2) is 22.7 Å². The fourth-order valence-electron chi connectivity index (χ4n) is 1.19. The van der Waals surface area contributed by atoms with E-state index in [0.29, 0.717) is 18.0 Å². The van der Waals surface area contributed by atoms with Crippen molar-refractivity contribution in [3.05, 3.63) is 22.7 Å². The van der Waals surface area contributed by atoms with Crippen LogP contribution in [0.5, 0.6) is 5.75 Å². The number of ether oxygens (including phenoxy) is 2. The summed E-state index contributed by atoms with van der Waals surface area (Å²) in [5.74, 6) is 3.02. The molecule has 1 atom stereocenters. The number of rotatable bonds is 4. The van der Waals surface area contributed by atoms with Crippen LogP contribution in [0, 0.1) is 12.3 Å². The highest BCUT2D eigenvalue weighted by atomic mass is 79.9. The number of carbonyl (C=O) groups is 1. The van der Waals surface area contributed by atoms with Crippen molar-refractivity contribution < 1.29 is 14.3 Å². The van der Waals surface area contributed by atoms with E-state index in [2.05, 4.69) is 27.2 Å². The number of halogens is 1. The van der Waals surface area contributed by atoms with Gasteiger partial charge < -0.3 is 9.47 Å². The van der Waals surface area contributed by atoms with Gasteiger partial charge in [-0.25, -0.2) is 4.79 Å². The topological polar surface area (TPSA) is 47.6 Å². The fraction of sp³-hybridized carbons (Fsp3) is 0.308. The zero-order chi connectivity index (χ0) is 13.5. The van der Waals surface area contributed by atoms with Crippen LogP contribution in [0.3, 0.4) is 0 Å². The Morgan fingerprint density at radius 1 is 1.61 bits per heavy atom. The number of amides is 1. The van der Waals surface area contributed by atoms with Gasteiger partial charge in [-0.15, -0.1) is 6.42 Å². The molecule has 1 unspecified atom stereocenters. The van der Waals surface area contributed by atoms with Gasteiger partial charge in [-0.3, -0.25) is 5.32 Å². The van der Waals surface area contributed by atoms with E-state index in [-0.39, 0.29) is 0 Å². The van der Waals surface area contributed by atoms with Gasteiger partial charge in [-0.2, -0.15) is 0 Å². The Morgan fingerprint density at radius 3 is 2.89 bits per heavy atom. The van der Waals surface area contributed by atoms with Crippen molar-refractivity contribution in [2.24, 2.45) is 0 Å². The number of carbonyl (C=O) groups excluding carboxylic acids is 1. The van der Waals surface area contributed by atoms with Crippen molar-refractivity contribution in [2.75, 3.05) is 11.9 Å². The number of nitrogens with one attached hydrogen (secondary N) is 1. The minimum Gasteiger partial charge on any atom is -0.493 e. The van der Waals surface area contributed by atoms with Crippen molar-refractivity contribution in [3.63, 3.8) is 0 Å². The highest BCUT2D eigenvalue weighted by molar-refractivity contribution is 9.10. The predicted molar refractivity (Wildman–Crippen MR) is 73.7 cm³/mol. The second kappa shape index (κ2) is 6.92. The smallest absolute Gasteiger partial charge is 0.412 e. The minimum atomic E-state index is -0.587. The number of hydrogen-bond acceptors (Lipinski definition) is 3. The molecule has 0 saturated heterocycles. The van der Waals surface area contributed by atoms with Crippen molar-refractivity contribution in [1.29, 1.82) is 0 Å². The molecule has 18 heavy (non-hydrogen) atoms. The Kier molecular flexibility index (Phi) is 5.53. The molecule has 1 aromatic carbocycles. The Bertz CT molecular complexity index is 468. The molecule has 1 rings (SSSR count). The molecule has 0 fully saturated rings. The van der Waals surface area contributed by atoms with Gasteiger partial charge in [0.1, 0.15) is 5.75 Å². The first-order valence-electron chi connectivity index (χ1n) is 5.43. The predicted octanol–water partition coefficient (Wildman–Crippen LogP) is 3.42. The van der Waals surface area contributed by atoms with Crippen molar-refractivity contribution in [2.45, 2.75) is 20.0 Å². The Hall–Kier alpha value is -1.67. The summed E-state index contributed by atoms with van der Waals surface area (Å²) in [4.78, 5) is 11.4. The quantitative estimate of drug-likeness (QED) is 0.867. The molecule has 0 radical (unpaired) electrons. The maximum Gasteiger partial charge on any atom is 0.412 e. The number of anilines is 1. The molecule has 0 aliphatic heterocycles. The summed E-state index contributed by atoms with van der Waals surface area (Å²) in [6.45, 7) is 4.10. The van der Waals surface area contributed by atoms with Crippen LogP contribution in [0.4, 0.5) is 10.5 Å². The summed E-state index contributed by atoms with van der Waals surface area (Å²) >= 11 is 3.35. The van der Waals surface area contributed by atoms with E-state index in [0.717, 1.165) is 4.47 Å². The number of terminal acetylenes is 1. The standard InChI is InChI=1S/C13H14BrNO3/c1-4-9(3)18-13(16)15-10-6-7-12(17-5-2)11(14)8-10/h1,6-9H,5H2,2-3H3,(H,15,16). The highest BCUT2D eigenvalue weighted by Gasteiger charge is 2.08. The van der Waals surface area contributed by atoms with Crippen molar-refractivity contribution in [3.8, 4) is 18.1 Å². The largest absolute Gasteiger partial charge is 0.493 e. The first-order valence-corrected chi connectivity index (χ1v) is 6.22. The molecule has 0 saturated carbocycles. The number of benzene rings is 1. The third-order valence-electron chi connectivity index (χ3n) is 2.00. The Labute approximate surface area is 115 Å². The monoisotopic (exact) mass is 311 g/mol. The molecule has 0 heterocycles. The lowest BCUT2D eigenvalue weighted by molar-refractivity contribution is 0.145. The average molecular weight is 312 g/mol. The molecule has 5 heteroatoms. The van der Waals surface area contributed by atoms with E-state index in [1.54, 1.807) is 25.1 Å². The second-order valence-electron chi connectivity index (χ2n) is 3.42. The van der Waals surface area contributed by atoms with E-state index in [9.17, 15) is 4.79 Å². The van der Waals surface area contributed by atoms with E-state index in [1.807, 2.05) is 6.92 Å². The molecule has 0 aromatic heterocycles. The van der Waals surface area contributed by atoms with Crippen LogP contribution in [0.1, 0.15) is 13.8 Å². The maximum atomic E-state index is 11.4. The van der Waals surface area contributed by atoms with Crippen LogP contribution >= 0.6 is 15.9 Å². The van der Waals surface area contributed by atoms with Crippen molar-refractivity contribution >= 4 is 27.7 Å². The Morgan fingerprint density at radius 2 is 2.33 bits per heavy atom. The molecule has 0 bridgehead atoms. The molecule has 1 amide bonds. The zero-order valence-electron chi connectivity index (χ0n) is 10.2. The first-order chi connectivity index (χ1) is 8.56. The summed E-state index contributed by atoms with van der Waals surface area (Å²) < 4.78 is 11.0. The van der Waals surface area contributed by atoms with Gasteiger partial charge in [-0.05, 0) is 48.0 Å². The normalized spacial score (nSPS) is 11.2. The molecule has 0 spiro atoms. The summed E-state index contributed by atoms with van der Waals surface area (Å²) in [6, 6.07) is 5.21. The third kappa shape index (κ3) is 4.30. The van der Waals surface area contributed by atoms with Gasteiger partial charge >= 0.3 is 6.09 Å². The van der Waals surface area contributed by atoms with Crippen LogP contribution in [-0.4, -0.2) is 18.8 Å². The SMILES string of the molecule is C#CC(C)OC(=O)Nc1ccc(OCC)c(Br)c1. The lowest BCUT2D eigenvalue weighted by Gasteiger charge is -2.11. The van der Waals surface area contributed by atoms with Crippen LogP contribution in [0.25, 0.3) is 0 Å². The third-order valence-corrected chi connectivity index (χ3v) is 2.62. The van der Waals surface area contributed by atoms with Gasteiger partial charge in [0.2, 0.25) is 0 Å². The van der Waals surface area contributed by atoms with Crippen LogP contribution in [0.2, 0.25) is 0 Å². The summed E-state index contributed by atoms with van der Waals surface area (Å²) in [6.07, 6.45) is 3.97. The van der Waals surface area contributed by atoms with Gasteiger partial charge in [0.15, 0.2) is 6.10 Å². The highest BCUT2D eigenvalue weighted by Crippen LogP contribution is 2.28. The second-order valence-corrected chi connectivity index (χ2v) is 4.27. The molecule has 4 nitrogen and oxygen atoms in total. The molecule has 1 N–H and O–H groups in total. The van der Waals surface area contributed by atoms with E-state index >= 15 is 0 Å². The van der Waals surface area contributed by atoms with E-state index in [4.69, 9.17) is 15.9 Å². The first kappa shape index (κ1) is 14.4. The van der Waals surface area contributed by atoms with Gasteiger partial charge in [0.05, 0.1) is 11.1 Å². The molecule has 0 aliphatic rings. The molecular formula is C13H14BrNO3. The van der Waals surface area contributed by atoms with E-state index < -0.39 is 12.2 Å². The zero-order valence-corrected chi connectivity index (χ0v) is 11.8. The molecule has 96 valence electrons. The van der Waals surface area contributed by atoms with Gasteiger partial charge in [-0.1, -0.05) is 5.92 Å². The fourth-order valence-corrected chi connectivity index (χ4v) is 1.69. The van der Waals surface area contributed by atoms with Gasteiger partial charge in [0, 0.05) is 5.69 Å². The number of hydrogen-bond donors (Lipinski definition) is 1. The Balaban J connectivity index is 2.66. The van der Waals surface area contributed by atoms with Gasteiger partial charge in [0.25, 0.3) is 0 Å². The summed E-state index contributed by atoms with van der Waals surface area (Å²) in [7, 11) is 0. The average Bonchev–Trinajstić information content (AvgIpc) is 2.32. The lowest BCUT2D eigenvalue weighted by Crippen LogP contribution is -2.18. The molecular weight excluding hydrogens is 298 g/mol. The molecule has 1 aromatic rings. The summed E-state index contributed by atoms with van der Waals surface area (Å²) in [5, 5.41) is 2.58. The molecule has 0 aliphatic carbocycles. The lowest BCUT2D eigenvalue weighted by atomic mass is 10.3. The van der Waals surface area contributed by atoms with E-state index in [1.165, 1.54) is 0 Å². The summed E-state index contributed by atoms with van der Waals surface area (Å²) in [5.41, 5.74) is 0.597. The maximum absolute atomic E-state index is 11.4. The van der Waals surface area contributed by atoms with Crippen LogP contribution in [-0.2, 0) is 4.74 Å².